The topological polar surface area (TPSA) is 78.3 Å². The number of fused-ring (bicyclic) bond motifs is 4. The summed E-state index contributed by atoms with van der Waals surface area (Å²) in [7, 11) is 1.28. The van der Waals surface area contributed by atoms with Gasteiger partial charge in [0, 0.05) is 0 Å². The second-order valence-corrected chi connectivity index (χ2v) is 5.65. The van der Waals surface area contributed by atoms with Gasteiger partial charge in [0.25, 0.3) is 5.56 Å². The Hall–Kier alpha value is -3.28. The number of nitrogens with zero attached hydrogens (tertiary/aromatic N) is 2. The maximum Gasteiger partial charge on any atom is 0.337 e. The minimum Gasteiger partial charge on any atom is -0.465 e. The highest BCUT2D eigenvalue weighted by atomic mass is 16.5. The van der Waals surface area contributed by atoms with Gasteiger partial charge in [-0.1, -0.05) is 11.6 Å². The molecule has 1 aliphatic rings. The summed E-state index contributed by atoms with van der Waals surface area (Å²) in [5, 5.41) is 0.267. The van der Waals surface area contributed by atoms with Crippen molar-refractivity contribution in [2.24, 2.45) is 0 Å². The molecule has 0 amide bonds. The molecule has 2 heterocycles. The summed E-state index contributed by atoms with van der Waals surface area (Å²) < 4.78 is 5.99. The van der Waals surface area contributed by atoms with Gasteiger partial charge in [0.2, 0.25) is 5.78 Å². The number of benzene rings is 2. The average molecular weight is 320 g/mol. The number of hydrogen-bond acceptors (Lipinski definition) is 5. The molecule has 3 aromatic rings. The molecule has 0 aliphatic carbocycles. The molecule has 0 spiro atoms. The third-order valence-electron chi connectivity index (χ3n) is 4.13. The predicted octanol–water partition coefficient (Wildman–Crippen LogP) is 2.03. The number of ether oxygens (including phenoxy) is 1. The normalized spacial score (nSPS) is 12.2. The maximum atomic E-state index is 12.9. The van der Waals surface area contributed by atoms with Crippen molar-refractivity contribution in [3.05, 3.63) is 69.3 Å². The van der Waals surface area contributed by atoms with Gasteiger partial charge in [-0.25, -0.2) is 9.78 Å². The van der Waals surface area contributed by atoms with Gasteiger partial charge < -0.3 is 4.74 Å². The molecule has 0 saturated heterocycles. The van der Waals surface area contributed by atoms with Crippen molar-refractivity contribution in [2.75, 3.05) is 7.11 Å². The van der Waals surface area contributed by atoms with Crippen molar-refractivity contribution in [1.29, 1.82) is 0 Å². The summed E-state index contributed by atoms with van der Waals surface area (Å²) in [6, 6.07) is 9.83. The van der Waals surface area contributed by atoms with Gasteiger partial charge in [0.15, 0.2) is 5.82 Å². The lowest BCUT2D eigenvalue weighted by Crippen LogP contribution is -2.21. The van der Waals surface area contributed by atoms with Gasteiger partial charge in [-0.2, -0.15) is 0 Å². The Labute approximate surface area is 136 Å². The fraction of sp³-hybridized carbons (Fsp3) is 0.111. The maximum absolute atomic E-state index is 12.9. The monoisotopic (exact) mass is 320 g/mol. The minimum absolute atomic E-state index is 0.0962. The van der Waals surface area contributed by atoms with E-state index in [2.05, 4.69) is 9.72 Å². The SMILES string of the molecule is COC(=O)c1ccc2nc3n(c(=O)c2c1)-c1ccc(C)cc1C3=O. The minimum atomic E-state index is -0.533. The molecule has 2 aromatic carbocycles. The quantitative estimate of drug-likeness (QED) is 0.501. The van der Waals surface area contributed by atoms with Crippen molar-refractivity contribution in [3.63, 3.8) is 0 Å². The Morgan fingerprint density at radius 3 is 2.67 bits per heavy atom. The molecule has 6 nitrogen and oxygen atoms in total. The van der Waals surface area contributed by atoms with Crippen LogP contribution in [0.25, 0.3) is 16.6 Å². The first-order valence-corrected chi connectivity index (χ1v) is 7.32. The zero-order valence-corrected chi connectivity index (χ0v) is 13.0. The zero-order chi connectivity index (χ0) is 17.0. The number of methoxy groups -OCH3 is 1. The molecule has 118 valence electrons. The molecular formula is C18H12N2O4. The summed E-state index contributed by atoms with van der Waals surface area (Å²) in [6.45, 7) is 1.88. The van der Waals surface area contributed by atoms with Gasteiger partial charge in [-0.05, 0) is 37.3 Å². The van der Waals surface area contributed by atoms with Gasteiger partial charge >= 0.3 is 5.97 Å². The van der Waals surface area contributed by atoms with Crippen molar-refractivity contribution in [2.45, 2.75) is 6.92 Å². The first-order valence-electron chi connectivity index (χ1n) is 7.32. The Bertz CT molecular complexity index is 1110. The third kappa shape index (κ3) is 1.83. The van der Waals surface area contributed by atoms with Crippen LogP contribution in [0, 0.1) is 6.92 Å². The lowest BCUT2D eigenvalue weighted by Gasteiger charge is -2.07. The number of esters is 1. The Balaban J connectivity index is 2.06. The van der Waals surface area contributed by atoms with E-state index >= 15 is 0 Å². The van der Waals surface area contributed by atoms with Gasteiger partial charge in [0.1, 0.15) is 0 Å². The molecule has 0 fully saturated rings. The van der Waals surface area contributed by atoms with E-state index in [9.17, 15) is 14.4 Å². The molecule has 1 aliphatic heterocycles. The molecule has 0 saturated carbocycles. The summed E-state index contributed by atoms with van der Waals surface area (Å²) in [5.41, 5.74) is 2.17. The Kier molecular flexibility index (Phi) is 2.90. The fourth-order valence-electron chi connectivity index (χ4n) is 2.95. The van der Waals surface area contributed by atoms with Crippen LogP contribution in [0.2, 0.25) is 0 Å². The Morgan fingerprint density at radius 2 is 1.92 bits per heavy atom. The molecule has 6 heteroatoms. The smallest absolute Gasteiger partial charge is 0.337 e. The molecular weight excluding hydrogens is 308 g/mol. The van der Waals surface area contributed by atoms with Gasteiger partial charge in [-0.15, -0.1) is 0 Å². The summed E-state index contributed by atoms with van der Waals surface area (Å²) in [5.74, 6) is -0.711. The van der Waals surface area contributed by atoms with Crippen LogP contribution in [0.4, 0.5) is 0 Å². The highest BCUT2D eigenvalue weighted by Gasteiger charge is 2.30. The van der Waals surface area contributed by atoms with E-state index in [1.807, 2.05) is 13.0 Å². The van der Waals surface area contributed by atoms with Crippen LogP contribution in [0.1, 0.15) is 32.1 Å². The van der Waals surface area contributed by atoms with Gasteiger partial charge in [-0.3, -0.25) is 14.2 Å². The second-order valence-electron chi connectivity index (χ2n) is 5.65. The average Bonchev–Trinajstić information content (AvgIpc) is 2.86. The lowest BCUT2D eigenvalue weighted by molar-refractivity contribution is 0.0600. The number of aromatic nitrogens is 2. The molecule has 0 unspecified atom stereocenters. The van der Waals surface area contributed by atoms with Crippen LogP contribution < -0.4 is 5.56 Å². The van der Waals surface area contributed by atoms with Crippen molar-refractivity contribution in [1.82, 2.24) is 9.55 Å². The highest BCUT2D eigenvalue weighted by Crippen LogP contribution is 2.27. The number of carbonyl (C=O) groups is 2. The van der Waals surface area contributed by atoms with E-state index in [0.717, 1.165) is 5.56 Å². The number of hydrogen-bond donors (Lipinski definition) is 0. The van der Waals surface area contributed by atoms with Crippen LogP contribution in [0.3, 0.4) is 0 Å². The molecule has 0 bridgehead atoms. The van der Waals surface area contributed by atoms with E-state index in [-0.39, 0.29) is 28.1 Å². The van der Waals surface area contributed by atoms with Crippen molar-refractivity contribution in [3.8, 4) is 5.69 Å². The summed E-state index contributed by atoms with van der Waals surface area (Å²) in [6.07, 6.45) is 0. The zero-order valence-electron chi connectivity index (χ0n) is 13.0. The van der Waals surface area contributed by atoms with E-state index in [1.165, 1.54) is 23.8 Å². The second kappa shape index (κ2) is 4.86. The summed E-state index contributed by atoms with van der Waals surface area (Å²) >= 11 is 0. The van der Waals surface area contributed by atoms with Crippen LogP contribution in [0.15, 0.2) is 41.2 Å². The van der Waals surface area contributed by atoms with Crippen LogP contribution in [0.5, 0.6) is 0 Å². The number of carbonyl (C=O) groups excluding carboxylic acids is 2. The first kappa shape index (κ1) is 14.3. The number of ketones is 1. The lowest BCUT2D eigenvalue weighted by atomic mass is 10.1. The van der Waals surface area contributed by atoms with Crippen molar-refractivity contribution < 1.29 is 14.3 Å². The molecule has 24 heavy (non-hydrogen) atoms. The highest BCUT2D eigenvalue weighted by molar-refractivity contribution is 6.13. The predicted molar refractivity (Wildman–Crippen MR) is 86.8 cm³/mol. The molecule has 1 aromatic heterocycles. The number of aryl methyl sites for hydroxylation is 1. The van der Waals surface area contributed by atoms with E-state index in [4.69, 9.17) is 0 Å². The fourth-order valence-corrected chi connectivity index (χ4v) is 2.95. The van der Waals surface area contributed by atoms with E-state index < -0.39 is 5.97 Å². The largest absolute Gasteiger partial charge is 0.465 e. The first-order chi connectivity index (χ1) is 11.5. The third-order valence-corrected chi connectivity index (χ3v) is 4.13. The Morgan fingerprint density at radius 1 is 1.12 bits per heavy atom. The summed E-state index contributed by atoms with van der Waals surface area (Å²) in [4.78, 5) is 41.5. The van der Waals surface area contributed by atoms with Crippen molar-refractivity contribution >= 4 is 22.7 Å². The molecule has 0 N–H and O–H groups in total. The van der Waals surface area contributed by atoms with Gasteiger partial charge in [0.05, 0.1) is 34.8 Å². The van der Waals surface area contributed by atoms with Crippen LogP contribution >= 0.6 is 0 Å². The van der Waals surface area contributed by atoms with Crippen LogP contribution in [-0.4, -0.2) is 28.4 Å². The standard InChI is InChI=1S/C18H12N2O4/c1-9-3-6-14-12(7-9)15(21)16-19-13-5-4-10(18(23)24-2)8-11(13)17(22)20(14)16/h3-8H,1-2H3. The van der Waals surface area contributed by atoms with E-state index in [0.29, 0.717) is 16.8 Å². The molecule has 0 radical (unpaired) electrons. The molecule has 0 atom stereocenters. The van der Waals surface area contributed by atoms with E-state index in [1.54, 1.807) is 18.2 Å². The molecule has 4 rings (SSSR count). The van der Waals surface area contributed by atoms with Crippen LogP contribution in [-0.2, 0) is 4.74 Å². The number of rotatable bonds is 1.